The number of halogens is 1. The number of thiol groups is 1. The highest BCUT2D eigenvalue weighted by atomic mass is 35.5. The van der Waals surface area contributed by atoms with Gasteiger partial charge in [0.25, 0.3) is 0 Å². The number of fused-ring (bicyclic) bond motifs is 1. The lowest BCUT2D eigenvalue weighted by Crippen LogP contribution is -2.02. The summed E-state index contributed by atoms with van der Waals surface area (Å²) in [5.74, 6) is 1.70. The van der Waals surface area contributed by atoms with E-state index in [9.17, 15) is 0 Å². The van der Waals surface area contributed by atoms with Crippen molar-refractivity contribution in [1.82, 2.24) is 9.55 Å². The van der Waals surface area contributed by atoms with Gasteiger partial charge in [-0.3, -0.25) is 0 Å². The van der Waals surface area contributed by atoms with Gasteiger partial charge in [-0.15, -0.1) is 0 Å². The van der Waals surface area contributed by atoms with Gasteiger partial charge in [-0.2, -0.15) is 12.6 Å². The van der Waals surface area contributed by atoms with Gasteiger partial charge >= 0.3 is 0 Å². The Balaban J connectivity index is 2.23. The fraction of sp³-hybridized carbons (Fsp3) is 0.500. The molecule has 1 aromatic carbocycles. The summed E-state index contributed by atoms with van der Waals surface area (Å²) >= 11 is 10.4. The van der Waals surface area contributed by atoms with Crippen LogP contribution in [0.25, 0.3) is 11.0 Å². The first-order valence-electron chi connectivity index (χ1n) is 6.51. The molecule has 2 aromatic rings. The first-order valence-corrected chi connectivity index (χ1v) is 7.52. The van der Waals surface area contributed by atoms with E-state index < -0.39 is 0 Å². The lowest BCUT2D eigenvalue weighted by molar-refractivity contribution is 0.581. The van der Waals surface area contributed by atoms with E-state index in [1.54, 1.807) is 0 Å². The van der Waals surface area contributed by atoms with E-state index in [2.05, 4.69) is 35.2 Å². The molecule has 0 atom stereocenters. The maximum atomic E-state index is 6.00. The molecule has 98 valence electrons. The molecule has 4 heteroatoms. The summed E-state index contributed by atoms with van der Waals surface area (Å²) in [6.45, 7) is 3.25. The number of benzene rings is 1. The van der Waals surface area contributed by atoms with Gasteiger partial charge in [0.15, 0.2) is 0 Å². The van der Waals surface area contributed by atoms with Crippen LogP contribution in [-0.2, 0) is 12.3 Å². The predicted octanol–water partition coefficient (Wildman–Crippen LogP) is 4.70. The molecule has 0 fully saturated rings. The molecular weight excluding hydrogens is 264 g/mol. The van der Waals surface area contributed by atoms with Crippen LogP contribution in [0.1, 0.15) is 38.4 Å². The molecule has 0 saturated carbocycles. The quantitative estimate of drug-likeness (QED) is 0.601. The molecule has 0 radical (unpaired) electrons. The van der Waals surface area contributed by atoms with Crippen LogP contribution < -0.4 is 0 Å². The minimum atomic E-state index is 0.667. The Bertz CT molecular complexity index is 522. The Hall–Kier alpha value is -0.670. The first kappa shape index (κ1) is 13.8. The van der Waals surface area contributed by atoms with Crippen LogP contribution in [0.3, 0.4) is 0 Å². The largest absolute Gasteiger partial charge is 0.327 e. The lowest BCUT2D eigenvalue weighted by atomic mass is 10.2. The molecule has 1 aromatic heterocycles. The van der Waals surface area contributed by atoms with Crippen molar-refractivity contribution in [2.24, 2.45) is 0 Å². The van der Waals surface area contributed by atoms with E-state index in [0.717, 1.165) is 22.9 Å². The van der Waals surface area contributed by atoms with Crippen molar-refractivity contribution in [1.29, 1.82) is 0 Å². The summed E-state index contributed by atoms with van der Waals surface area (Å²) in [7, 11) is 0. The number of hydrogen-bond acceptors (Lipinski definition) is 2. The molecule has 1 heterocycles. The zero-order valence-corrected chi connectivity index (χ0v) is 12.3. The summed E-state index contributed by atoms with van der Waals surface area (Å²) < 4.78 is 2.27. The van der Waals surface area contributed by atoms with E-state index in [1.807, 2.05) is 12.1 Å². The molecule has 0 aliphatic rings. The van der Waals surface area contributed by atoms with Crippen molar-refractivity contribution < 1.29 is 0 Å². The molecule has 18 heavy (non-hydrogen) atoms. The number of hydrogen-bond donors (Lipinski definition) is 1. The van der Waals surface area contributed by atoms with Crippen LogP contribution in [0.4, 0.5) is 0 Å². The highest BCUT2D eigenvalue weighted by Crippen LogP contribution is 2.22. The number of aromatic nitrogens is 2. The third kappa shape index (κ3) is 3.01. The highest BCUT2D eigenvalue weighted by Gasteiger charge is 2.09. The molecule has 0 unspecified atom stereocenters. The molecule has 2 nitrogen and oxygen atoms in total. The molecule has 0 aliphatic carbocycles. The van der Waals surface area contributed by atoms with Crippen LogP contribution >= 0.6 is 24.2 Å². The van der Waals surface area contributed by atoms with Crippen LogP contribution in [0.2, 0.25) is 5.02 Å². The third-order valence-corrected chi connectivity index (χ3v) is 3.68. The molecular formula is C14H19ClN2S. The SMILES string of the molecule is CCCCCCn1c(CS)nc2cc(Cl)ccc21. The van der Waals surface area contributed by atoms with Crippen LogP contribution in [0, 0.1) is 0 Å². The second-order valence-electron chi connectivity index (χ2n) is 4.53. The summed E-state index contributed by atoms with van der Waals surface area (Å²) in [6.07, 6.45) is 5.03. The Morgan fingerprint density at radius 1 is 1.28 bits per heavy atom. The van der Waals surface area contributed by atoms with Gasteiger partial charge < -0.3 is 4.57 Å². The third-order valence-electron chi connectivity index (χ3n) is 3.17. The Labute approximate surface area is 119 Å². The Morgan fingerprint density at radius 2 is 2.11 bits per heavy atom. The molecule has 0 saturated heterocycles. The lowest BCUT2D eigenvalue weighted by Gasteiger charge is -2.07. The molecule has 0 amide bonds. The van der Waals surface area contributed by atoms with Crippen molar-refractivity contribution in [2.45, 2.75) is 44.9 Å². The minimum Gasteiger partial charge on any atom is -0.327 e. The number of rotatable bonds is 6. The van der Waals surface area contributed by atoms with Crippen molar-refractivity contribution >= 4 is 35.3 Å². The van der Waals surface area contributed by atoms with E-state index in [4.69, 9.17) is 11.6 Å². The van der Waals surface area contributed by atoms with E-state index in [1.165, 1.54) is 31.2 Å². The van der Waals surface area contributed by atoms with Gasteiger partial charge in [0.1, 0.15) is 5.82 Å². The van der Waals surface area contributed by atoms with E-state index in [0.29, 0.717) is 5.75 Å². The van der Waals surface area contributed by atoms with Gasteiger partial charge in [-0.05, 0) is 24.6 Å². The average molecular weight is 283 g/mol. The van der Waals surface area contributed by atoms with E-state index in [-0.39, 0.29) is 0 Å². The Kier molecular flexibility index (Phi) is 4.95. The van der Waals surface area contributed by atoms with Crippen LogP contribution in [0.15, 0.2) is 18.2 Å². The number of unbranched alkanes of at least 4 members (excludes halogenated alkanes) is 3. The van der Waals surface area contributed by atoms with Crippen molar-refractivity contribution in [3.63, 3.8) is 0 Å². The standard InChI is InChI=1S/C14H19ClN2S/c1-2-3-4-5-8-17-13-7-6-11(15)9-12(13)16-14(17)10-18/h6-7,9,18H,2-5,8,10H2,1H3. The topological polar surface area (TPSA) is 17.8 Å². The summed E-state index contributed by atoms with van der Waals surface area (Å²) in [5.41, 5.74) is 2.14. The fourth-order valence-electron chi connectivity index (χ4n) is 2.22. The molecule has 0 bridgehead atoms. The van der Waals surface area contributed by atoms with Crippen molar-refractivity contribution in [3.8, 4) is 0 Å². The molecule has 0 aliphatic heterocycles. The van der Waals surface area contributed by atoms with E-state index >= 15 is 0 Å². The predicted molar refractivity (Wildman–Crippen MR) is 81.6 cm³/mol. The maximum Gasteiger partial charge on any atom is 0.119 e. The van der Waals surface area contributed by atoms with Crippen molar-refractivity contribution in [2.75, 3.05) is 0 Å². The summed E-state index contributed by atoms with van der Waals surface area (Å²) in [4.78, 5) is 4.59. The second kappa shape index (κ2) is 6.48. The van der Waals surface area contributed by atoms with Gasteiger partial charge in [0.05, 0.1) is 11.0 Å². The van der Waals surface area contributed by atoms with Crippen LogP contribution in [-0.4, -0.2) is 9.55 Å². The summed E-state index contributed by atoms with van der Waals surface area (Å²) in [6, 6.07) is 5.90. The zero-order valence-electron chi connectivity index (χ0n) is 10.7. The number of nitrogens with zero attached hydrogens (tertiary/aromatic N) is 2. The second-order valence-corrected chi connectivity index (χ2v) is 5.28. The number of imidazole rings is 1. The van der Waals surface area contributed by atoms with Crippen LogP contribution in [0.5, 0.6) is 0 Å². The van der Waals surface area contributed by atoms with Gasteiger partial charge in [-0.25, -0.2) is 4.98 Å². The summed E-state index contributed by atoms with van der Waals surface area (Å²) in [5, 5.41) is 0.740. The number of aryl methyl sites for hydroxylation is 1. The van der Waals surface area contributed by atoms with Gasteiger partial charge in [-0.1, -0.05) is 37.8 Å². The minimum absolute atomic E-state index is 0.667. The van der Waals surface area contributed by atoms with Gasteiger partial charge in [0, 0.05) is 17.3 Å². The normalized spacial score (nSPS) is 11.3. The molecule has 0 spiro atoms. The van der Waals surface area contributed by atoms with Crippen molar-refractivity contribution in [3.05, 3.63) is 29.0 Å². The smallest absolute Gasteiger partial charge is 0.119 e. The first-order chi connectivity index (χ1) is 8.76. The zero-order chi connectivity index (χ0) is 13.0. The maximum absolute atomic E-state index is 6.00. The molecule has 2 rings (SSSR count). The monoisotopic (exact) mass is 282 g/mol. The Morgan fingerprint density at radius 3 is 2.83 bits per heavy atom. The fourth-order valence-corrected chi connectivity index (χ4v) is 2.63. The molecule has 0 N–H and O–H groups in total. The average Bonchev–Trinajstić information content (AvgIpc) is 2.71. The highest BCUT2D eigenvalue weighted by molar-refractivity contribution is 7.79. The van der Waals surface area contributed by atoms with Gasteiger partial charge in [0.2, 0.25) is 0 Å².